The third-order valence-corrected chi connectivity index (χ3v) is 4.97. The van der Waals surface area contributed by atoms with Crippen molar-refractivity contribution < 1.29 is 4.79 Å². The molecular formula is C16H23N5OS. The van der Waals surface area contributed by atoms with Gasteiger partial charge in [0, 0.05) is 18.6 Å². The lowest BCUT2D eigenvalue weighted by molar-refractivity contribution is 0.184. The van der Waals surface area contributed by atoms with Crippen LogP contribution in [0.25, 0.3) is 0 Å². The molecule has 1 N–H and O–H groups in total. The van der Waals surface area contributed by atoms with Gasteiger partial charge in [-0.05, 0) is 49.1 Å². The van der Waals surface area contributed by atoms with Crippen LogP contribution in [0.5, 0.6) is 0 Å². The molecule has 1 aliphatic rings. The first-order valence-electron chi connectivity index (χ1n) is 8.14. The lowest BCUT2D eigenvalue weighted by Crippen LogP contribution is -2.41. The minimum absolute atomic E-state index is 0.0843. The Kier molecular flexibility index (Phi) is 4.95. The highest BCUT2D eigenvalue weighted by Crippen LogP contribution is 2.26. The standard InChI is InChI=1S/C16H23N5OS/c1-12(2)21-10-15(18-19-21)17-16(22)20(14-5-3-4-6-14)9-13-7-8-23-11-13/h7-8,10-12,14H,3-6,9H2,1-2H3,(H,17,22). The van der Waals surface area contributed by atoms with E-state index in [9.17, 15) is 4.79 Å². The maximum atomic E-state index is 12.7. The molecule has 0 unspecified atom stereocenters. The number of anilines is 1. The van der Waals surface area contributed by atoms with Gasteiger partial charge in [-0.3, -0.25) is 5.32 Å². The third-order valence-electron chi connectivity index (χ3n) is 4.23. The van der Waals surface area contributed by atoms with Gasteiger partial charge in [0.1, 0.15) is 0 Å². The molecule has 2 aromatic rings. The van der Waals surface area contributed by atoms with Crippen LogP contribution < -0.4 is 5.32 Å². The van der Waals surface area contributed by atoms with Crippen LogP contribution in [0.4, 0.5) is 10.6 Å². The van der Waals surface area contributed by atoms with Crippen molar-refractivity contribution in [3.8, 4) is 0 Å². The van der Waals surface area contributed by atoms with E-state index in [4.69, 9.17) is 0 Å². The maximum Gasteiger partial charge on any atom is 0.323 e. The van der Waals surface area contributed by atoms with E-state index in [1.54, 1.807) is 22.2 Å². The molecule has 1 saturated carbocycles. The Balaban J connectivity index is 1.70. The van der Waals surface area contributed by atoms with Crippen LogP contribution in [0.1, 0.15) is 51.1 Å². The van der Waals surface area contributed by atoms with Crippen molar-refractivity contribution in [3.63, 3.8) is 0 Å². The molecule has 0 bridgehead atoms. The van der Waals surface area contributed by atoms with Gasteiger partial charge in [-0.15, -0.1) is 5.10 Å². The van der Waals surface area contributed by atoms with E-state index in [-0.39, 0.29) is 12.1 Å². The van der Waals surface area contributed by atoms with Crippen LogP contribution in [0, 0.1) is 0 Å². The molecule has 2 heterocycles. The summed E-state index contributed by atoms with van der Waals surface area (Å²) in [6.07, 6.45) is 6.33. The topological polar surface area (TPSA) is 63.1 Å². The fraction of sp³-hybridized carbons (Fsp3) is 0.562. The van der Waals surface area contributed by atoms with Crippen molar-refractivity contribution in [2.75, 3.05) is 5.32 Å². The first-order valence-corrected chi connectivity index (χ1v) is 9.08. The molecule has 23 heavy (non-hydrogen) atoms. The Bertz CT molecular complexity index is 631. The minimum atomic E-state index is -0.0843. The number of rotatable bonds is 5. The van der Waals surface area contributed by atoms with Gasteiger partial charge in [-0.25, -0.2) is 9.48 Å². The molecule has 0 aromatic carbocycles. The molecule has 0 aliphatic heterocycles. The van der Waals surface area contributed by atoms with Crippen LogP contribution in [0.3, 0.4) is 0 Å². The zero-order valence-electron chi connectivity index (χ0n) is 13.6. The lowest BCUT2D eigenvalue weighted by Gasteiger charge is -2.28. The molecule has 124 valence electrons. The van der Waals surface area contributed by atoms with E-state index in [2.05, 4.69) is 27.1 Å². The fourth-order valence-corrected chi connectivity index (χ4v) is 3.59. The zero-order valence-corrected chi connectivity index (χ0v) is 14.4. The number of nitrogens with zero attached hydrogens (tertiary/aromatic N) is 4. The van der Waals surface area contributed by atoms with Gasteiger partial charge in [0.15, 0.2) is 5.82 Å². The number of hydrogen-bond acceptors (Lipinski definition) is 4. The minimum Gasteiger partial charge on any atom is -0.317 e. The summed E-state index contributed by atoms with van der Waals surface area (Å²) in [6, 6.07) is 2.54. The average Bonchev–Trinajstić information content (AvgIpc) is 3.26. The highest BCUT2D eigenvalue weighted by Gasteiger charge is 2.27. The quantitative estimate of drug-likeness (QED) is 0.902. The molecule has 0 atom stereocenters. The molecule has 7 heteroatoms. The normalized spacial score (nSPS) is 15.3. The highest BCUT2D eigenvalue weighted by molar-refractivity contribution is 7.07. The van der Waals surface area contributed by atoms with Gasteiger partial charge in [0.05, 0.1) is 6.20 Å². The lowest BCUT2D eigenvalue weighted by atomic mass is 10.2. The van der Waals surface area contributed by atoms with Crippen molar-refractivity contribution in [1.82, 2.24) is 19.9 Å². The van der Waals surface area contributed by atoms with Gasteiger partial charge in [0.2, 0.25) is 0 Å². The monoisotopic (exact) mass is 333 g/mol. The first kappa shape index (κ1) is 16.0. The summed E-state index contributed by atoms with van der Waals surface area (Å²) in [5.74, 6) is 0.511. The second kappa shape index (κ2) is 7.12. The number of carbonyl (C=O) groups excluding carboxylic acids is 1. The molecule has 0 spiro atoms. The Morgan fingerprint density at radius 1 is 1.48 bits per heavy atom. The van der Waals surface area contributed by atoms with Crippen LogP contribution in [-0.4, -0.2) is 32.0 Å². The zero-order chi connectivity index (χ0) is 16.2. The molecule has 0 saturated heterocycles. The number of carbonyl (C=O) groups is 1. The molecule has 3 rings (SSSR count). The molecule has 1 fully saturated rings. The van der Waals surface area contributed by atoms with E-state index < -0.39 is 0 Å². The SMILES string of the molecule is CC(C)n1cc(NC(=O)N(Cc2ccsc2)C2CCCC2)nn1. The Hall–Kier alpha value is -1.89. The van der Waals surface area contributed by atoms with Gasteiger partial charge in [-0.2, -0.15) is 11.3 Å². The summed E-state index contributed by atoms with van der Waals surface area (Å²) in [6.45, 7) is 4.71. The van der Waals surface area contributed by atoms with Crippen LogP contribution in [-0.2, 0) is 6.54 Å². The van der Waals surface area contributed by atoms with Gasteiger partial charge in [0.25, 0.3) is 0 Å². The summed E-state index contributed by atoms with van der Waals surface area (Å²) in [5.41, 5.74) is 1.18. The van der Waals surface area contributed by atoms with Crippen molar-refractivity contribution in [2.45, 2.75) is 58.2 Å². The van der Waals surface area contributed by atoms with Crippen LogP contribution in [0.2, 0.25) is 0 Å². The predicted molar refractivity (Wildman–Crippen MR) is 91.5 cm³/mol. The molecule has 2 amide bonds. The molecule has 0 radical (unpaired) electrons. The number of aromatic nitrogens is 3. The smallest absolute Gasteiger partial charge is 0.317 e. The largest absolute Gasteiger partial charge is 0.323 e. The molecular weight excluding hydrogens is 310 g/mol. The average molecular weight is 333 g/mol. The van der Waals surface area contributed by atoms with E-state index in [1.807, 2.05) is 24.1 Å². The van der Waals surface area contributed by atoms with Gasteiger partial charge in [-0.1, -0.05) is 18.1 Å². The second-order valence-corrected chi connectivity index (χ2v) is 7.09. The van der Waals surface area contributed by atoms with E-state index in [0.29, 0.717) is 18.4 Å². The third kappa shape index (κ3) is 3.90. The van der Waals surface area contributed by atoms with Crippen molar-refractivity contribution >= 4 is 23.2 Å². The number of thiophene rings is 1. The number of amides is 2. The summed E-state index contributed by atoms with van der Waals surface area (Å²) in [7, 11) is 0. The summed E-state index contributed by atoms with van der Waals surface area (Å²) >= 11 is 1.66. The Morgan fingerprint density at radius 3 is 2.87 bits per heavy atom. The maximum absolute atomic E-state index is 12.7. The number of hydrogen-bond donors (Lipinski definition) is 1. The van der Waals surface area contributed by atoms with E-state index >= 15 is 0 Å². The van der Waals surface area contributed by atoms with Gasteiger partial charge >= 0.3 is 6.03 Å². The van der Waals surface area contributed by atoms with Crippen molar-refractivity contribution in [1.29, 1.82) is 0 Å². The Morgan fingerprint density at radius 2 is 2.26 bits per heavy atom. The van der Waals surface area contributed by atoms with E-state index in [0.717, 1.165) is 12.8 Å². The molecule has 1 aliphatic carbocycles. The summed E-state index contributed by atoms with van der Waals surface area (Å²) in [5, 5.41) is 15.1. The predicted octanol–water partition coefficient (Wildman–Crippen LogP) is 3.90. The number of urea groups is 1. The summed E-state index contributed by atoms with van der Waals surface area (Å²) < 4.78 is 1.74. The van der Waals surface area contributed by atoms with Crippen molar-refractivity contribution in [2.24, 2.45) is 0 Å². The van der Waals surface area contributed by atoms with Crippen molar-refractivity contribution in [3.05, 3.63) is 28.6 Å². The fourth-order valence-electron chi connectivity index (χ4n) is 2.93. The number of nitrogens with one attached hydrogen (secondary N) is 1. The highest BCUT2D eigenvalue weighted by atomic mass is 32.1. The van der Waals surface area contributed by atoms with Crippen LogP contribution >= 0.6 is 11.3 Å². The first-order chi connectivity index (χ1) is 11.1. The van der Waals surface area contributed by atoms with Crippen LogP contribution in [0.15, 0.2) is 23.0 Å². The second-order valence-electron chi connectivity index (χ2n) is 6.31. The Labute approximate surface area is 140 Å². The molecule has 6 nitrogen and oxygen atoms in total. The summed E-state index contributed by atoms with van der Waals surface area (Å²) in [4.78, 5) is 14.7. The molecule has 2 aromatic heterocycles. The van der Waals surface area contributed by atoms with Gasteiger partial charge < -0.3 is 4.90 Å². The van der Waals surface area contributed by atoms with E-state index in [1.165, 1.54) is 18.4 Å².